The van der Waals surface area contributed by atoms with E-state index in [0.717, 1.165) is 42.6 Å². The number of aromatic nitrogens is 2. The molecule has 1 aromatic carbocycles. The van der Waals surface area contributed by atoms with Gasteiger partial charge in [0.05, 0.1) is 16.4 Å². The molecular formula is C28H32ClN3O5. The van der Waals surface area contributed by atoms with Gasteiger partial charge >= 0.3 is 5.97 Å². The smallest absolute Gasteiger partial charge is 0.303 e. The number of aliphatic carboxylic acids is 1. The minimum atomic E-state index is -0.922. The van der Waals surface area contributed by atoms with Gasteiger partial charge in [0.2, 0.25) is 5.91 Å². The molecule has 2 fully saturated rings. The SMILES string of the molecule is Cc1ccc(NC(=O)C[C@H](CCC(=O)O)c2noc(-c3cc(C4(C)CCCC4)on3)c2C2CC2)c(Cl)c1. The summed E-state index contributed by atoms with van der Waals surface area (Å²) in [4.78, 5) is 24.5. The third-order valence-corrected chi connectivity index (χ3v) is 8.02. The quantitative estimate of drug-likeness (QED) is 0.293. The van der Waals surface area contributed by atoms with E-state index in [0.29, 0.717) is 27.9 Å². The molecule has 196 valence electrons. The average Bonchev–Trinajstić information content (AvgIpc) is 3.22. The van der Waals surface area contributed by atoms with Crippen molar-refractivity contribution in [2.45, 2.75) is 88.9 Å². The summed E-state index contributed by atoms with van der Waals surface area (Å²) < 4.78 is 11.6. The standard InChI is InChI=1S/C28H32ClN3O5/c1-16-5-9-20(19(29)13-16)30-23(33)14-18(8-10-24(34)35)26-25(17-6-7-17)27(37-32-26)21-15-22(36-31-21)28(2)11-3-4-12-28/h5,9,13,15,17-18H,3-4,6-8,10-12,14H2,1-2H3,(H,30,33)(H,34,35)/t18-/m0/s1. The molecule has 0 aliphatic heterocycles. The third-order valence-electron chi connectivity index (χ3n) is 7.71. The van der Waals surface area contributed by atoms with Gasteiger partial charge in [0.15, 0.2) is 11.5 Å². The first-order chi connectivity index (χ1) is 17.7. The van der Waals surface area contributed by atoms with Crippen LogP contribution in [0.4, 0.5) is 5.69 Å². The Morgan fingerprint density at radius 3 is 2.62 bits per heavy atom. The molecule has 2 N–H and O–H groups in total. The lowest BCUT2D eigenvalue weighted by atomic mass is 9.85. The molecule has 1 amide bonds. The summed E-state index contributed by atoms with van der Waals surface area (Å²) in [7, 11) is 0. The number of hydrogen-bond donors (Lipinski definition) is 2. The lowest BCUT2D eigenvalue weighted by Crippen LogP contribution is -2.17. The van der Waals surface area contributed by atoms with Crippen molar-refractivity contribution < 1.29 is 23.7 Å². The minimum absolute atomic E-state index is 0.0206. The van der Waals surface area contributed by atoms with Crippen LogP contribution >= 0.6 is 11.6 Å². The van der Waals surface area contributed by atoms with Crippen LogP contribution in [-0.4, -0.2) is 27.3 Å². The highest BCUT2D eigenvalue weighted by atomic mass is 35.5. The predicted molar refractivity (Wildman–Crippen MR) is 139 cm³/mol. The second-order valence-corrected chi connectivity index (χ2v) is 11.2. The predicted octanol–water partition coefficient (Wildman–Crippen LogP) is 6.98. The monoisotopic (exact) mass is 525 g/mol. The van der Waals surface area contributed by atoms with Crippen LogP contribution in [0.15, 0.2) is 33.3 Å². The van der Waals surface area contributed by atoms with Gasteiger partial charge in [0.1, 0.15) is 5.76 Å². The van der Waals surface area contributed by atoms with Crippen LogP contribution in [0.3, 0.4) is 0 Å². The van der Waals surface area contributed by atoms with Gasteiger partial charge in [-0.3, -0.25) is 9.59 Å². The van der Waals surface area contributed by atoms with Crippen molar-refractivity contribution in [2.24, 2.45) is 0 Å². The number of amides is 1. The molecule has 3 aromatic rings. The molecule has 9 heteroatoms. The van der Waals surface area contributed by atoms with E-state index < -0.39 is 11.9 Å². The Bertz CT molecular complexity index is 1300. The number of nitrogens with one attached hydrogen (secondary N) is 1. The molecule has 0 saturated heterocycles. The van der Waals surface area contributed by atoms with Crippen molar-refractivity contribution in [3.8, 4) is 11.5 Å². The van der Waals surface area contributed by atoms with Gasteiger partial charge in [-0.05, 0) is 62.6 Å². The molecule has 0 radical (unpaired) electrons. The zero-order chi connectivity index (χ0) is 26.2. The Morgan fingerprint density at radius 1 is 1.19 bits per heavy atom. The van der Waals surface area contributed by atoms with Crippen molar-refractivity contribution in [2.75, 3.05) is 5.32 Å². The number of nitrogens with zero attached hydrogens (tertiary/aromatic N) is 2. The van der Waals surface area contributed by atoms with Crippen LogP contribution < -0.4 is 5.32 Å². The molecule has 2 heterocycles. The van der Waals surface area contributed by atoms with E-state index in [1.165, 1.54) is 12.8 Å². The number of carboxylic acid groups (broad SMARTS) is 1. The summed E-state index contributed by atoms with van der Waals surface area (Å²) in [6.45, 7) is 4.13. The highest BCUT2D eigenvalue weighted by Gasteiger charge is 2.39. The van der Waals surface area contributed by atoms with Crippen LogP contribution in [0.5, 0.6) is 0 Å². The molecule has 8 nitrogen and oxygen atoms in total. The van der Waals surface area contributed by atoms with Gasteiger partial charge in [-0.2, -0.15) is 0 Å². The number of carbonyl (C=O) groups is 2. The van der Waals surface area contributed by atoms with E-state index in [1.54, 1.807) is 12.1 Å². The fraction of sp³-hybridized carbons (Fsp3) is 0.500. The second-order valence-electron chi connectivity index (χ2n) is 10.8. The Morgan fingerprint density at radius 2 is 1.95 bits per heavy atom. The van der Waals surface area contributed by atoms with Gasteiger partial charge in [0, 0.05) is 35.8 Å². The van der Waals surface area contributed by atoms with Crippen molar-refractivity contribution in [1.29, 1.82) is 0 Å². The van der Waals surface area contributed by atoms with Gasteiger partial charge in [-0.15, -0.1) is 0 Å². The molecule has 0 spiro atoms. The molecule has 2 aliphatic carbocycles. The first-order valence-corrected chi connectivity index (χ1v) is 13.4. The number of benzene rings is 1. The number of carboxylic acids is 1. The Hall–Kier alpha value is -3.13. The van der Waals surface area contributed by atoms with Crippen LogP contribution in [0.2, 0.25) is 5.02 Å². The van der Waals surface area contributed by atoms with Crippen LogP contribution in [-0.2, 0) is 15.0 Å². The van der Waals surface area contributed by atoms with Crippen molar-refractivity contribution in [3.63, 3.8) is 0 Å². The molecule has 2 aliphatic rings. The van der Waals surface area contributed by atoms with E-state index in [9.17, 15) is 14.7 Å². The highest BCUT2D eigenvalue weighted by Crippen LogP contribution is 2.49. The zero-order valence-electron chi connectivity index (χ0n) is 21.2. The minimum Gasteiger partial charge on any atom is -0.481 e. The van der Waals surface area contributed by atoms with Crippen molar-refractivity contribution >= 4 is 29.2 Å². The lowest BCUT2D eigenvalue weighted by molar-refractivity contribution is -0.137. The number of anilines is 1. The maximum absolute atomic E-state index is 13.0. The second kappa shape index (κ2) is 10.3. The summed E-state index contributed by atoms with van der Waals surface area (Å²) >= 11 is 6.30. The Kier molecular flexibility index (Phi) is 7.12. The molecular weight excluding hydrogens is 494 g/mol. The van der Waals surface area contributed by atoms with Gasteiger partial charge in [0.25, 0.3) is 0 Å². The van der Waals surface area contributed by atoms with E-state index in [1.807, 2.05) is 19.1 Å². The van der Waals surface area contributed by atoms with Gasteiger partial charge < -0.3 is 19.5 Å². The first kappa shape index (κ1) is 25.5. The van der Waals surface area contributed by atoms with Gasteiger partial charge in [-0.25, -0.2) is 0 Å². The van der Waals surface area contributed by atoms with E-state index in [4.69, 9.17) is 20.6 Å². The fourth-order valence-corrected chi connectivity index (χ4v) is 5.69. The van der Waals surface area contributed by atoms with Gasteiger partial charge in [-0.1, -0.05) is 47.7 Å². The fourth-order valence-electron chi connectivity index (χ4n) is 5.40. The largest absolute Gasteiger partial charge is 0.481 e. The molecule has 2 aromatic heterocycles. The number of carbonyl (C=O) groups excluding carboxylic acids is 1. The van der Waals surface area contributed by atoms with E-state index in [-0.39, 0.29) is 36.5 Å². The average molecular weight is 526 g/mol. The maximum atomic E-state index is 13.0. The van der Waals surface area contributed by atoms with E-state index in [2.05, 4.69) is 22.6 Å². The van der Waals surface area contributed by atoms with Crippen molar-refractivity contribution in [3.05, 3.63) is 51.9 Å². The Labute approximate surface area is 220 Å². The molecule has 0 bridgehead atoms. The number of hydrogen-bond acceptors (Lipinski definition) is 6. The number of aryl methyl sites for hydroxylation is 1. The summed E-state index contributed by atoms with van der Waals surface area (Å²) in [6, 6.07) is 7.38. The third kappa shape index (κ3) is 5.59. The summed E-state index contributed by atoms with van der Waals surface area (Å²) in [5.74, 6) is 0.0698. The highest BCUT2D eigenvalue weighted by molar-refractivity contribution is 6.33. The summed E-state index contributed by atoms with van der Waals surface area (Å²) in [5, 5.41) is 21.4. The molecule has 0 unspecified atom stereocenters. The first-order valence-electron chi connectivity index (χ1n) is 13.0. The maximum Gasteiger partial charge on any atom is 0.303 e. The number of rotatable bonds is 10. The summed E-state index contributed by atoms with van der Waals surface area (Å²) in [5.41, 5.74) is 3.66. The molecule has 37 heavy (non-hydrogen) atoms. The Balaban J connectivity index is 1.42. The van der Waals surface area contributed by atoms with Crippen LogP contribution in [0.1, 0.15) is 99.1 Å². The topological polar surface area (TPSA) is 118 Å². The normalized spacial score (nSPS) is 17.6. The molecule has 5 rings (SSSR count). The lowest BCUT2D eigenvalue weighted by Gasteiger charge is -2.18. The van der Waals surface area contributed by atoms with E-state index >= 15 is 0 Å². The molecule has 2 saturated carbocycles. The summed E-state index contributed by atoms with van der Waals surface area (Å²) in [6.07, 6.45) is 6.69. The molecule has 1 atom stereocenters. The van der Waals surface area contributed by atoms with Crippen LogP contribution in [0, 0.1) is 6.92 Å². The van der Waals surface area contributed by atoms with Crippen LogP contribution in [0.25, 0.3) is 11.5 Å². The zero-order valence-corrected chi connectivity index (χ0v) is 21.9. The number of halogens is 1. The van der Waals surface area contributed by atoms with Crippen molar-refractivity contribution in [1.82, 2.24) is 10.3 Å².